The van der Waals surface area contributed by atoms with Gasteiger partial charge in [0.05, 0.1) is 12.8 Å². The minimum Gasteiger partial charge on any atom is -0.466 e. The second-order valence-corrected chi connectivity index (χ2v) is 6.17. The lowest BCUT2D eigenvalue weighted by Crippen LogP contribution is -2.34. The molecule has 0 N–H and O–H groups in total. The first-order chi connectivity index (χ1) is 13.2. The van der Waals surface area contributed by atoms with Gasteiger partial charge < -0.3 is 14.5 Å². The third-order valence-corrected chi connectivity index (χ3v) is 4.41. The van der Waals surface area contributed by atoms with Gasteiger partial charge in [0.1, 0.15) is 0 Å². The van der Waals surface area contributed by atoms with E-state index in [0.717, 1.165) is 36.1 Å². The smallest absolute Gasteiger partial charge is 0.330 e. The SMILES string of the molecule is COC(=O)/C=C/C(=O)N1CCCN(c2ccc(-c3ccccc3)nn2)CC1. The molecule has 0 aliphatic carbocycles. The van der Waals surface area contributed by atoms with E-state index in [2.05, 4.69) is 19.8 Å². The third kappa shape index (κ3) is 4.91. The van der Waals surface area contributed by atoms with Gasteiger partial charge in [0.25, 0.3) is 0 Å². The minimum atomic E-state index is -0.534. The zero-order valence-corrected chi connectivity index (χ0v) is 15.2. The van der Waals surface area contributed by atoms with E-state index < -0.39 is 5.97 Å². The van der Waals surface area contributed by atoms with Crippen molar-refractivity contribution in [2.24, 2.45) is 0 Å². The highest BCUT2D eigenvalue weighted by molar-refractivity contribution is 5.94. The average Bonchev–Trinajstić information content (AvgIpc) is 2.99. The fraction of sp³-hybridized carbons (Fsp3) is 0.300. The van der Waals surface area contributed by atoms with Gasteiger partial charge in [-0.1, -0.05) is 30.3 Å². The number of carbonyl (C=O) groups is 2. The molecule has 0 radical (unpaired) electrons. The average molecular weight is 366 g/mol. The Bertz CT molecular complexity index is 806. The molecular weight excluding hydrogens is 344 g/mol. The monoisotopic (exact) mass is 366 g/mol. The summed E-state index contributed by atoms with van der Waals surface area (Å²) >= 11 is 0. The summed E-state index contributed by atoms with van der Waals surface area (Å²) in [4.78, 5) is 27.2. The Kier molecular flexibility index (Phi) is 6.14. The predicted molar refractivity (Wildman–Crippen MR) is 102 cm³/mol. The normalized spacial score (nSPS) is 14.9. The van der Waals surface area contributed by atoms with Crippen molar-refractivity contribution in [3.63, 3.8) is 0 Å². The fourth-order valence-corrected chi connectivity index (χ4v) is 2.94. The summed E-state index contributed by atoms with van der Waals surface area (Å²) in [6.45, 7) is 2.66. The van der Waals surface area contributed by atoms with Gasteiger partial charge in [-0.3, -0.25) is 4.79 Å². The molecule has 140 valence electrons. The van der Waals surface area contributed by atoms with E-state index in [9.17, 15) is 9.59 Å². The first-order valence-corrected chi connectivity index (χ1v) is 8.86. The van der Waals surface area contributed by atoms with Gasteiger partial charge in [0, 0.05) is 43.9 Å². The van der Waals surface area contributed by atoms with Gasteiger partial charge >= 0.3 is 5.97 Å². The van der Waals surface area contributed by atoms with Crippen molar-refractivity contribution >= 4 is 17.7 Å². The van der Waals surface area contributed by atoms with Crippen LogP contribution in [0.2, 0.25) is 0 Å². The summed E-state index contributed by atoms with van der Waals surface area (Å²) in [6.07, 6.45) is 3.23. The number of aromatic nitrogens is 2. The van der Waals surface area contributed by atoms with Crippen LogP contribution in [0.15, 0.2) is 54.6 Å². The molecule has 27 heavy (non-hydrogen) atoms. The summed E-state index contributed by atoms with van der Waals surface area (Å²) in [5.74, 6) is 0.0791. The van der Waals surface area contributed by atoms with Crippen LogP contribution in [-0.4, -0.2) is 60.3 Å². The molecule has 7 heteroatoms. The molecular formula is C20H22N4O3. The number of amides is 1. The summed E-state index contributed by atoms with van der Waals surface area (Å²) < 4.78 is 4.51. The lowest BCUT2D eigenvalue weighted by molar-refractivity contribution is -0.135. The van der Waals surface area contributed by atoms with Crippen molar-refractivity contribution in [2.75, 3.05) is 38.2 Å². The molecule has 2 aromatic rings. The number of anilines is 1. The predicted octanol–water partition coefficient (Wildman–Crippen LogP) is 1.91. The Morgan fingerprint density at radius 3 is 2.48 bits per heavy atom. The summed E-state index contributed by atoms with van der Waals surface area (Å²) in [5, 5.41) is 8.69. The topological polar surface area (TPSA) is 75.6 Å². The molecule has 0 spiro atoms. The molecule has 0 atom stereocenters. The Morgan fingerprint density at radius 2 is 1.78 bits per heavy atom. The summed E-state index contributed by atoms with van der Waals surface area (Å²) in [5.41, 5.74) is 1.86. The van der Waals surface area contributed by atoms with Crippen LogP contribution in [0.4, 0.5) is 5.82 Å². The first kappa shape index (κ1) is 18.6. The lowest BCUT2D eigenvalue weighted by Gasteiger charge is -2.21. The van der Waals surface area contributed by atoms with E-state index in [-0.39, 0.29) is 5.91 Å². The number of rotatable bonds is 4. The number of hydrogen-bond donors (Lipinski definition) is 0. The van der Waals surface area contributed by atoms with E-state index in [4.69, 9.17) is 0 Å². The van der Waals surface area contributed by atoms with E-state index >= 15 is 0 Å². The first-order valence-electron chi connectivity index (χ1n) is 8.86. The molecule has 0 bridgehead atoms. The maximum atomic E-state index is 12.2. The van der Waals surface area contributed by atoms with Gasteiger partial charge in [0.2, 0.25) is 5.91 Å². The molecule has 3 rings (SSSR count). The molecule has 1 saturated heterocycles. The molecule has 1 aliphatic rings. The standard InChI is InChI=1S/C20H22N4O3/c1-27-20(26)11-10-19(25)24-13-5-12-23(14-15-24)18-9-8-17(21-22-18)16-6-3-2-4-7-16/h2-4,6-11H,5,12-15H2,1H3/b11-10+. The van der Waals surface area contributed by atoms with Crippen molar-refractivity contribution in [1.82, 2.24) is 15.1 Å². The number of nitrogens with zero attached hydrogens (tertiary/aromatic N) is 4. The van der Waals surface area contributed by atoms with Gasteiger partial charge in [-0.25, -0.2) is 4.79 Å². The Hall–Kier alpha value is -3.22. The molecule has 1 aromatic heterocycles. The summed E-state index contributed by atoms with van der Waals surface area (Å²) in [7, 11) is 1.28. The molecule has 0 unspecified atom stereocenters. The molecule has 2 heterocycles. The van der Waals surface area contributed by atoms with Gasteiger partial charge in [-0.15, -0.1) is 10.2 Å². The lowest BCUT2D eigenvalue weighted by atomic mass is 10.1. The van der Waals surface area contributed by atoms with Gasteiger partial charge in [0.15, 0.2) is 5.82 Å². The number of hydrogen-bond acceptors (Lipinski definition) is 6. The van der Waals surface area contributed by atoms with Crippen LogP contribution in [0.25, 0.3) is 11.3 Å². The quantitative estimate of drug-likeness (QED) is 0.608. The molecule has 0 saturated carbocycles. The van der Waals surface area contributed by atoms with Crippen LogP contribution in [0.5, 0.6) is 0 Å². The molecule has 1 aromatic carbocycles. The molecule has 1 fully saturated rings. The van der Waals surface area contributed by atoms with Crippen molar-refractivity contribution in [1.29, 1.82) is 0 Å². The molecule has 1 aliphatic heterocycles. The van der Waals surface area contributed by atoms with Gasteiger partial charge in [-0.05, 0) is 18.6 Å². The van der Waals surface area contributed by atoms with E-state index in [0.29, 0.717) is 19.6 Å². The molecule has 1 amide bonds. The minimum absolute atomic E-state index is 0.187. The zero-order chi connectivity index (χ0) is 19.1. The number of esters is 1. The second-order valence-electron chi connectivity index (χ2n) is 6.17. The van der Waals surface area contributed by atoms with Crippen molar-refractivity contribution in [3.05, 3.63) is 54.6 Å². The molecule has 7 nitrogen and oxygen atoms in total. The highest BCUT2D eigenvalue weighted by Gasteiger charge is 2.19. The Balaban J connectivity index is 1.62. The van der Waals surface area contributed by atoms with E-state index in [1.807, 2.05) is 42.5 Å². The van der Waals surface area contributed by atoms with Crippen LogP contribution >= 0.6 is 0 Å². The zero-order valence-electron chi connectivity index (χ0n) is 15.2. The third-order valence-electron chi connectivity index (χ3n) is 4.41. The number of carbonyl (C=O) groups excluding carboxylic acids is 2. The summed E-state index contributed by atoms with van der Waals surface area (Å²) in [6, 6.07) is 13.8. The number of ether oxygens (including phenoxy) is 1. The Morgan fingerprint density at radius 1 is 0.963 bits per heavy atom. The highest BCUT2D eigenvalue weighted by Crippen LogP contribution is 2.19. The van der Waals surface area contributed by atoms with Crippen LogP contribution in [-0.2, 0) is 14.3 Å². The van der Waals surface area contributed by atoms with Crippen LogP contribution in [0, 0.1) is 0 Å². The van der Waals surface area contributed by atoms with Crippen molar-refractivity contribution in [3.8, 4) is 11.3 Å². The fourth-order valence-electron chi connectivity index (χ4n) is 2.94. The number of methoxy groups -OCH3 is 1. The maximum Gasteiger partial charge on any atom is 0.330 e. The number of benzene rings is 1. The Labute approximate surface area is 158 Å². The van der Waals surface area contributed by atoms with Crippen molar-refractivity contribution < 1.29 is 14.3 Å². The largest absolute Gasteiger partial charge is 0.466 e. The van der Waals surface area contributed by atoms with Gasteiger partial charge in [-0.2, -0.15) is 0 Å². The second kappa shape index (κ2) is 8.93. The maximum absolute atomic E-state index is 12.2. The van der Waals surface area contributed by atoms with E-state index in [1.54, 1.807) is 4.90 Å². The van der Waals surface area contributed by atoms with Crippen LogP contribution < -0.4 is 4.90 Å². The van der Waals surface area contributed by atoms with Crippen molar-refractivity contribution in [2.45, 2.75) is 6.42 Å². The van der Waals surface area contributed by atoms with Crippen LogP contribution in [0.1, 0.15) is 6.42 Å². The highest BCUT2D eigenvalue weighted by atomic mass is 16.5. The van der Waals surface area contributed by atoms with Crippen LogP contribution in [0.3, 0.4) is 0 Å². The van der Waals surface area contributed by atoms with E-state index in [1.165, 1.54) is 13.2 Å².